The number of carboxylic acid groups (broad SMARTS) is 1. The maximum atomic E-state index is 12.0. The van der Waals surface area contributed by atoms with Gasteiger partial charge in [0.1, 0.15) is 0 Å². The molecule has 2 nitrogen and oxygen atoms in total. The van der Waals surface area contributed by atoms with Crippen LogP contribution in [0.15, 0.2) is 66.7 Å². The first-order valence-electron chi connectivity index (χ1n) is 10.1. The van der Waals surface area contributed by atoms with Crippen molar-refractivity contribution in [1.29, 1.82) is 0 Å². The largest absolute Gasteiger partial charge is 0.478 e. The van der Waals surface area contributed by atoms with Crippen molar-refractivity contribution in [3.05, 3.63) is 83.4 Å². The fourth-order valence-corrected chi connectivity index (χ4v) is 3.57. The zero-order chi connectivity index (χ0) is 21.4. The minimum Gasteiger partial charge on any atom is -0.478 e. The van der Waals surface area contributed by atoms with Crippen LogP contribution >= 0.6 is 0 Å². The number of aromatic carboxylic acids is 1. The van der Waals surface area contributed by atoms with Crippen molar-refractivity contribution in [2.24, 2.45) is 0 Å². The van der Waals surface area contributed by atoms with Crippen molar-refractivity contribution in [1.82, 2.24) is 0 Å². The molecule has 1 N–H and O–H groups in total. The summed E-state index contributed by atoms with van der Waals surface area (Å²) in [5.41, 5.74) is 6.59. The molecule has 3 aromatic carbocycles. The molecule has 0 radical (unpaired) electrons. The molecular formula is C27H30O2. The van der Waals surface area contributed by atoms with E-state index in [0.29, 0.717) is 5.56 Å². The monoisotopic (exact) mass is 386 g/mol. The van der Waals surface area contributed by atoms with Crippen LogP contribution in [0.3, 0.4) is 0 Å². The molecule has 0 spiro atoms. The minimum absolute atomic E-state index is 0.0520. The van der Waals surface area contributed by atoms with Gasteiger partial charge in [-0.15, -0.1) is 0 Å². The Kier molecular flexibility index (Phi) is 5.40. The summed E-state index contributed by atoms with van der Waals surface area (Å²) >= 11 is 0. The molecule has 3 aromatic rings. The van der Waals surface area contributed by atoms with Crippen LogP contribution in [0.1, 0.15) is 63.0 Å². The molecule has 0 fully saturated rings. The Labute approximate surface area is 174 Å². The zero-order valence-corrected chi connectivity index (χ0v) is 18.2. The third-order valence-corrected chi connectivity index (χ3v) is 5.40. The molecule has 29 heavy (non-hydrogen) atoms. The highest BCUT2D eigenvalue weighted by Gasteiger charge is 2.19. The Morgan fingerprint density at radius 3 is 1.52 bits per heavy atom. The quantitative estimate of drug-likeness (QED) is 0.512. The van der Waals surface area contributed by atoms with E-state index < -0.39 is 5.97 Å². The maximum absolute atomic E-state index is 12.0. The topological polar surface area (TPSA) is 37.3 Å². The molecule has 0 aliphatic rings. The molecule has 0 unspecified atom stereocenters. The summed E-state index contributed by atoms with van der Waals surface area (Å²) < 4.78 is 0. The van der Waals surface area contributed by atoms with E-state index in [9.17, 15) is 9.90 Å². The molecule has 0 saturated carbocycles. The standard InChI is InChI=1S/C27H30O2/c1-26(2,3)20-14-10-18(11-15-20)22-8-7-9-23(25(28)29)24(22)19-12-16-21(17-13-19)27(4,5)6/h7-17H,1-6H3,(H,28,29). The molecule has 2 heteroatoms. The molecule has 150 valence electrons. The van der Waals surface area contributed by atoms with E-state index in [-0.39, 0.29) is 10.8 Å². The summed E-state index contributed by atoms with van der Waals surface area (Å²) in [7, 11) is 0. The van der Waals surface area contributed by atoms with E-state index >= 15 is 0 Å². The Morgan fingerprint density at radius 2 is 1.10 bits per heavy atom. The molecule has 0 aromatic heterocycles. The van der Waals surface area contributed by atoms with Crippen molar-refractivity contribution in [3.8, 4) is 22.3 Å². The van der Waals surface area contributed by atoms with Gasteiger partial charge in [0.2, 0.25) is 0 Å². The number of benzene rings is 3. The van der Waals surface area contributed by atoms with Crippen molar-refractivity contribution in [2.45, 2.75) is 52.4 Å². The Balaban J connectivity index is 2.17. The molecule has 0 bridgehead atoms. The van der Waals surface area contributed by atoms with Crippen molar-refractivity contribution in [3.63, 3.8) is 0 Å². The van der Waals surface area contributed by atoms with Crippen LogP contribution in [-0.2, 0) is 10.8 Å². The van der Waals surface area contributed by atoms with Gasteiger partial charge < -0.3 is 5.11 Å². The smallest absolute Gasteiger partial charge is 0.336 e. The first-order chi connectivity index (χ1) is 13.5. The number of carboxylic acids is 1. The van der Waals surface area contributed by atoms with Gasteiger partial charge >= 0.3 is 5.97 Å². The van der Waals surface area contributed by atoms with E-state index in [2.05, 4.69) is 77.9 Å². The lowest BCUT2D eigenvalue weighted by Crippen LogP contribution is -2.11. The van der Waals surface area contributed by atoms with Crippen LogP contribution in [0.25, 0.3) is 22.3 Å². The fourth-order valence-electron chi connectivity index (χ4n) is 3.57. The first kappa shape index (κ1) is 20.9. The van der Waals surface area contributed by atoms with Crippen LogP contribution in [0.4, 0.5) is 0 Å². The van der Waals surface area contributed by atoms with Gasteiger partial charge in [0.25, 0.3) is 0 Å². The summed E-state index contributed by atoms with van der Waals surface area (Å²) in [6.45, 7) is 13.1. The van der Waals surface area contributed by atoms with Gasteiger partial charge in [-0.25, -0.2) is 4.79 Å². The van der Waals surface area contributed by atoms with Crippen molar-refractivity contribution >= 4 is 5.97 Å². The van der Waals surface area contributed by atoms with Gasteiger partial charge in [-0.1, -0.05) is 102 Å². The van der Waals surface area contributed by atoms with Gasteiger partial charge in [0.05, 0.1) is 5.56 Å². The van der Waals surface area contributed by atoms with Crippen LogP contribution in [0.5, 0.6) is 0 Å². The number of hydrogen-bond donors (Lipinski definition) is 1. The van der Waals surface area contributed by atoms with Gasteiger partial charge in [-0.3, -0.25) is 0 Å². The highest BCUT2D eigenvalue weighted by molar-refractivity contribution is 6.01. The van der Waals surface area contributed by atoms with E-state index in [1.165, 1.54) is 11.1 Å². The Bertz CT molecular complexity index is 1010. The van der Waals surface area contributed by atoms with E-state index in [0.717, 1.165) is 22.3 Å². The summed E-state index contributed by atoms with van der Waals surface area (Å²) in [4.78, 5) is 12.0. The molecule has 0 amide bonds. The fraction of sp³-hybridized carbons (Fsp3) is 0.296. The highest BCUT2D eigenvalue weighted by Crippen LogP contribution is 2.37. The number of hydrogen-bond acceptors (Lipinski definition) is 1. The van der Waals surface area contributed by atoms with Crippen molar-refractivity contribution in [2.75, 3.05) is 0 Å². The van der Waals surface area contributed by atoms with E-state index in [4.69, 9.17) is 0 Å². The lowest BCUT2D eigenvalue weighted by molar-refractivity contribution is 0.0697. The highest BCUT2D eigenvalue weighted by atomic mass is 16.4. The summed E-state index contributed by atoms with van der Waals surface area (Å²) in [5.74, 6) is -0.909. The molecule has 0 aliphatic carbocycles. The Hall–Kier alpha value is -2.87. The van der Waals surface area contributed by atoms with E-state index in [1.807, 2.05) is 24.3 Å². The first-order valence-corrected chi connectivity index (χ1v) is 10.1. The van der Waals surface area contributed by atoms with Gasteiger partial charge in [-0.05, 0) is 44.7 Å². The van der Waals surface area contributed by atoms with Gasteiger partial charge in [0.15, 0.2) is 0 Å². The van der Waals surface area contributed by atoms with Gasteiger partial charge in [-0.2, -0.15) is 0 Å². The predicted octanol–water partition coefficient (Wildman–Crippen LogP) is 7.31. The average Bonchev–Trinajstić information content (AvgIpc) is 2.66. The van der Waals surface area contributed by atoms with Crippen LogP contribution in [-0.4, -0.2) is 11.1 Å². The maximum Gasteiger partial charge on any atom is 0.336 e. The van der Waals surface area contributed by atoms with Crippen LogP contribution in [0.2, 0.25) is 0 Å². The molecule has 0 atom stereocenters. The average molecular weight is 387 g/mol. The molecule has 0 saturated heterocycles. The van der Waals surface area contributed by atoms with Crippen LogP contribution in [0, 0.1) is 0 Å². The van der Waals surface area contributed by atoms with Crippen LogP contribution < -0.4 is 0 Å². The second-order valence-electron chi connectivity index (χ2n) is 9.69. The second-order valence-corrected chi connectivity index (χ2v) is 9.69. The third-order valence-electron chi connectivity index (χ3n) is 5.40. The van der Waals surface area contributed by atoms with Crippen molar-refractivity contribution < 1.29 is 9.90 Å². The number of carbonyl (C=O) groups is 1. The normalized spacial score (nSPS) is 12.1. The zero-order valence-electron chi connectivity index (χ0n) is 18.2. The predicted molar refractivity (Wildman–Crippen MR) is 122 cm³/mol. The van der Waals surface area contributed by atoms with E-state index in [1.54, 1.807) is 6.07 Å². The summed E-state index contributed by atoms with van der Waals surface area (Å²) in [5, 5.41) is 9.83. The molecule has 0 aliphatic heterocycles. The van der Waals surface area contributed by atoms with Gasteiger partial charge in [0, 0.05) is 5.56 Å². The molecule has 3 rings (SSSR count). The minimum atomic E-state index is -0.909. The molecule has 0 heterocycles. The summed E-state index contributed by atoms with van der Waals surface area (Å²) in [6.07, 6.45) is 0. The Morgan fingerprint density at radius 1 is 0.655 bits per heavy atom. The lowest BCUT2D eigenvalue weighted by Gasteiger charge is -2.21. The third kappa shape index (κ3) is 4.42. The number of rotatable bonds is 3. The SMILES string of the molecule is CC(C)(C)c1ccc(-c2cccc(C(=O)O)c2-c2ccc(C(C)(C)C)cc2)cc1. The second kappa shape index (κ2) is 7.51. The lowest BCUT2D eigenvalue weighted by atomic mass is 9.83. The molecular weight excluding hydrogens is 356 g/mol. The summed E-state index contributed by atoms with van der Waals surface area (Å²) in [6, 6.07) is 22.2.